The molecule has 1 N–H and O–H groups in total. The number of anilines is 1. The van der Waals surface area contributed by atoms with Crippen molar-refractivity contribution in [2.45, 2.75) is 13.3 Å². The number of hydrogen-bond donors (Lipinski definition) is 1. The molecule has 4 rings (SSSR count). The van der Waals surface area contributed by atoms with Gasteiger partial charge in [0.2, 0.25) is 5.91 Å². The van der Waals surface area contributed by atoms with Crippen molar-refractivity contribution in [3.8, 4) is 17.0 Å². The van der Waals surface area contributed by atoms with Gasteiger partial charge in [0.15, 0.2) is 10.8 Å². The summed E-state index contributed by atoms with van der Waals surface area (Å²) in [5.74, 6) is 1.08. The molecule has 0 bridgehead atoms. The first-order chi connectivity index (χ1) is 12.7. The lowest BCUT2D eigenvalue weighted by Crippen LogP contribution is -2.15. The molecule has 0 saturated heterocycles. The van der Waals surface area contributed by atoms with Crippen LogP contribution in [0.2, 0.25) is 0 Å². The molecular formula is C18H16N4O3S. The number of amides is 1. The van der Waals surface area contributed by atoms with E-state index in [4.69, 9.17) is 9.26 Å². The molecule has 26 heavy (non-hydrogen) atoms. The fourth-order valence-electron chi connectivity index (χ4n) is 2.61. The standard InChI is InChI=1S/C18H16N4O3S/c1-2-24-14-5-3-12(4-6-14)15-10-22-13(11-26-18(22)19-15)9-17(23)20-16-7-8-25-21-16/h3-8,10-11H,2,9H2,1H3,(H,20,21,23). The van der Waals surface area contributed by atoms with E-state index in [2.05, 4.69) is 15.5 Å². The van der Waals surface area contributed by atoms with E-state index < -0.39 is 0 Å². The summed E-state index contributed by atoms with van der Waals surface area (Å²) in [4.78, 5) is 17.7. The summed E-state index contributed by atoms with van der Waals surface area (Å²) < 4.78 is 12.1. The van der Waals surface area contributed by atoms with Crippen molar-refractivity contribution in [2.24, 2.45) is 0 Å². The van der Waals surface area contributed by atoms with Gasteiger partial charge in [0.1, 0.15) is 12.0 Å². The van der Waals surface area contributed by atoms with E-state index in [1.807, 2.05) is 47.2 Å². The van der Waals surface area contributed by atoms with Gasteiger partial charge in [-0.1, -0.05) is 5.16 Å². The average molecular weight is 368 g/mol. The third kappa shape index (κ3) is 3.31. The van der Waals surface area contributed by atoms with E-state index in [9.17, 15) is 4.79 Å². The van der Waals surface area contributed by atoms with Crippen LogP contribution in [0.5, 0.6) is 5.75 Å². The Morgan fingerprint density at radius 2 is 2.15 bits per heavy atom. The molecule has 1 aromatic carbocycles. The van der Waals surface area contributed by atoms with Crippen LogP contribution in [-0.2, 0) is 11.2 Å². The summed E-state index contributed by atoms with van der Waals surface area (Å²) in [7, 11) is 0. The maximum absolute atomic E-state index is 12.2. The van der Waals surface area contributed by atoms with E-state index in [1.54, 1.807) is 6.07 Å². The van der Waals surface area contributed by atoms with Gasteiger partial charge >= 0.3 is 0 Å². The maximum atomic E-state index is 12.2. The quantitative estimate of drug-likeness (QED) is 0.562. The summed E-state index contributed by atoms with van der Waals surface area (Å²) in [5.41, 5.74) is 2.73. The molecule has 132 valence electrons. The van der Waals surface area contributed by atoms with Crippen LogP contribution in [0.3, 0.4) is 0 Å². The van der Waals surface area contributed by atoms with Crippen molar-refractivity contribution in [1.82, 2.24) is 14.5 Å². The van der Waals surface area contributed by atoms with E-state index in [-0.39, 0.29) is 12.3 Å². The summed E-state index contributed by atoms with van der Waals surface area (Å²) in [6.07, 6.45) is 3.59. The molecule has 0 radical (unpaired) electrons. The molecule has 7 nitrogen and oxygen atoms in total. The van der Waals surface area contributed by atoms with E-state index in [0.717, 1.165) is 27.7 Å². The normalized spacial score (nSPS) is 11.0. The maximum Gasteiger partial charge on any atom is 0.231 e. The molecule has 0 fully saturated rings. The molecule has 3 heterocycles. The Hall–Kier alpha value is -3.13. The minimum atomic E-state index is -0.157. The second kappa shape index (κ2) is 7.01. The SMILES string of the molecule is CCOc1ccc(-c2cn3c(CC(=O)Nc4ccon4)csc3n2)cc1. The number of imidazole rings is 1. The second-order valence-corrected chi connectivity index (χ2v) is 6.41. The minimum Gasteiger partial charge on any atom is -0.494 e. The predicted octanol–water partition coefficient (Wildman–Crippen LogP) is 3.63. The monoisotopic (exact) mass is 368 g/mol. The van der Waals surface area contributed by atoms with Crippen molar-refractivity contribution >= 4 is 28.0 Å². The fourth-order valence-corrected chi connectivity index (χ4v) is 3.49. The number of benzene rings is 1. The van der Waals surface area contributed by atoms with Crippen LogP contribution in [0.25, 0.3) is 16.2 Å². The summed E-state index contributed by atoms with van der Waals surface area (Å²) >= 11 is 1.50. The first-order valence-corrected chi connectivity index (χ1v) is 9.00. The van der Waals surface area contributed by atoms with Gasteiger partial charge in [0.25, 0.3) is 0 Å². The number of nitrogens with zero attached hydrogens (tertiary/aromatic N) is 3. The molecule has 0 aliphatic carbocycles. The Morgan fingerprint density at radius 3 is 2.88 bits per heavy atom. The zero-order valence-corrected chi connectivity index (χ0v) is 14.8. The van der Waals surface area contributed by atoms with Gasteiger partial charge in [0.05, 0.1) is 18.7 Å². The summed E-state index contributed by atoms with van der Waals surface area (Å²) in [6, 6.07) is 9.42. The summed E-state index contributed by atoms with van der Waals surface area (Å²) in [5, 5.41) is 8.31. The lowest BCUT2D eigenvalue weighted by Gasteiger charge is -2.03. The molecular weight excluding hydrogens is 352 g/mol. The van der Waals surface area contributed by atoms with Crippen LogP contribution in [0.1, 0.15) is 12.6 Å². The second-order valence-electron chi connectivity index (χ2n) is 5.57. The fraction of sp³-hybridized carbons (Fsp3) is 0.167. The largest absolute Gasteiger partial charge is 0.494 e. The molecule has 0 spiro atoms. The zero-order valence-electron chi connectivity index (χ0n) is 14.0. The van der Waals surface area contributed by atoms with Crippen LogP contribution >= 0.6 is 11.3 Å². The molecule has 0 aliphatic rings. The van der Waals surface area contributed by atoms with Crippen molar-refractivity contribution in [1.29, 1.82) is 0 Å². The van der Waals surface area contributed by atoms with Crippen LogP contribution < -0.4 is 10.1 Å². The first kappa shape index (κ1) is 16.3. The van der Waals surface area contributed by atoms with Crippen molar-refractivity contribution in [3.05, 3.63) is 53.9 Å². The van der Waals surface area contributed by atoms with Gasteiger partial charge < -0.3 is 14.6 Å². The van der Waals surface area contributed by atoms with Crippen molar-refractivity contribution < 1.29 is 14.1 Å². The van der Waals surface area contributed by atoms with Gasteiger partial charge in [-0.25, -0.2) is 4.98 Å². The number of hydrogen-bond acceptors (Lipinski definition) is 6. The summed E-state index contributed by atoms with van der Waals surface area (Å²) in [6.45, 7) is 2.59. The third-order valence-electron chi connectivity index (χ3n) is 3.79. The smallest absolute Gasteiger partial charge is 0.231 e. The van der Waals surface area contributed by atoms with Crippen LogP contribution in [0, 0.1) is 0 Å². The highest BCUT2D eigenvalue weighted by molar-refractivity contribution is 7.15. The number of aromatic nitrogens is 3. The third-order valence-corrected chi connectivity index (χ3v) is 4.68. The van der Waals surface area contributed by atoms with E-state index in [0.29, 0.717) is 12.4 Å². The molecule has 0 aliphatic heterocycles. The predicted molar refractivity (Wildman–Crippen MR) is 98.5 cm³/mol. The number of rotatable bonds is 6. The molecule has 0 saturated carbocycles. The minimum absolute atomic E-state index is 0.157. The van der Waals surface area contributed by atoms with Crippen molar-refractivity contribution in [3.63, 3.8) is 0 Å². The van der Waals surface area contributed by atoms with Gasteiger partial charge in [-0.05, 0) is 31.2 Å². The number of ether oxygens (including phenoxy) is 1. The van der Waals surface area contributed by atoms with Crippen LogP contribution in [0.4, 0.5) is 5.82 Å². The van der Waals surface area contributed by atoms with Crippen LogP contribution in [-0.4, -0.2) is 27.1 Å². The van der Waals surface area contributed by atoms with Gasteiger partial charge in [-0.3, -0.25) is 9.20 Å². The highest BCUT2D eigenvalue weighted by Crippen LogP contribution is 2.25. The molecule has 1 amide bonds. The Balaban J connectivity index is 1.53. The topological polar surface area (TPSA) is 81.7 Å². The Labute approximate surface area is 153 Å². The van der Waals surface area contributed by atoms with E-state index in [1.165, 1.54) is 17.6 Å². The van der Waals surface area contributed by atoms with Gasteiger partial charge in [-0.2, -0.15) is 0 Å². The highest BCUT2D eigenvalue weighted by atomic mass is 32.1. The average Bonchev–Trinajstić information content (AvgIpc) is 3.35. The Bertz CT molecular complexity index is 1020. The molecule has 0 atom stereocenters. The molecule has 3 aromatic heterocycles. The number of fused-ring (bicyclic) bond motifs is 1. The van der Waals surface area contributed by atoms with Crippen molar-refractivity contribution in [2.75, 3.05) is 11.9 Å². The van der Waals surface area contributed by atoms with E-state index >= 15 is 0 Å². The lowest BCUT2D eigenvalue weighted by molar-refractivity contribution is -0.115. The molecule has 8 heteroatoms. The van der Waals surface area contributed by atoms with Crippen LogP contribution in [0.15, 0.2) is 52.7 Å². The highest BCUT2D eigenvalue weighted by Gasteiger charge is 2.13. The molecule has 0 unspecified atom stereocenters. The number of carbonyl (C=O) groups is 1. The number of nitrogens with one attached hydrogen (secondary N) is 1. The van der Waals surface area contributed by atoms with Gasteiger partial charge in [0, 0.05) is 28.9 Å². The first-order valence-electron chi connectivity index (χ1n) is 8.12. The van der Waals surface area contributed by atoms with Gasteiger partial charge in [-0.15, -0.1) is 11.3 Å². The number of carbonyl (C=O) groups excluding carboxylic acids is 1. The Kier molecular flexibility index (Phi) is 4.40. The molecule has 4 aromatic rings. The number of thiazole rings is 1. The Morgan fingerprint density at radius 1 is 1.31 bits per heavy atom. The zero-order chi connectivity index (χ0) is 17.9. The lowest BCUT2D eigenvalue weighted by atomic mass is 10.1.